The molecule has 0 unspecified atom stereocenters. The molecule has 2 aliphatic rings. The summed E-state index contributed by atoms with van der Waals surface area (Å²) >= 11 is 0. The van der Waals surface area contributed by atoms with E-state index in [0.29, 0.717) is 26.2 Å². The van der Waals surface area contributed by atoms with Crippen LogP contribution < -0.4 is 5.73 Å². The molecule has 2 N–H and O–H groups in total. The first-order valence-electron chi connectivity index (χ1n) is 7.03. The summed E-state index contributed by atoms with van der Waals surface area (Å²) in [6.07, 6.45) is 3.47. The number of nitrogens with two attached hydrogens (primary N) is 1. The Kier molecular flexibility index (Phi) is 4.38. The van der Waals surface area contributed by atoms with Crippen LogP contribution in [-0.2, 0) is 15.0 Å². The van der Waals surface area contributed by atoms with Crippen LogP contribution in [0.25, 0.3) is 0 Å². The molecule has 0 bridgehead atoms. The Bertz CT molecular complexity index is 463. The van der Waals surface area contributed by atoms with Crippen LogP contribution in [0.5, 0.6) is 0 Å². The molecule has 1 amide bonds. The van der Waals surface area contributed by atoms with E-state index in [0.717, 1.165) is 25.7 Å². The zero-order valence-electron chi connectivity index (χ0n) is 12.2. The van der Waals surface area contributed by atoms with Gasteiger partial charge in [0.05, 0.1) is 5.54 Å². The molecule has 0 radical (unpaired) electrons. The number of carbonyl (C=O) groups is 1. The quantitative estimate of drug-likeness (QED) is 0.740. The van der Waals surface area contributed by atoms with Crippen molar-refractivity contribution in [3.05, 3.63) is 0 Å². The van der Waals surface area contributed by atoms with Crippen molar-refractivity contribution in [2.24, 2.45) is 5.73 Å². The number of amides is 1. The van der Waals surface area contributed by atoms with Gasteiger partial charge in [0.2, 0.25) is 5.91 Å². The minimum Gasteiger partial charge on any atom is -0.338 e. The molecule has 2 rings (SSSR count). The minimum absolute atomic E-state index is 0.0168. The van der Waals surface area contributed by atoms with Crippen LogP contribution in [0.1, 0.15) is 25.7 Å². The molecule has 0 aromatic carbocycles. The van der Waals surface area contributed by atoms with Gasteiger partial charge in [-0.05, 0) is 12.8 Å². The van der Waals surface area contributed by atoms with Gasteiger partial charge in [-0.1, -0.05) is 12.8 Å². The molecule has 0 spiro atoms. The van der Waals surface area contributed by atoms with E-state index in [1.807, 2.05) is 0 Å². The van der Waals surface area contributed by atoms with E-state index in [1.165, 1.54) is 22.7 Å². The normalized spacial score (nSPS) is 24.3. The monoisotopic (exact) mass is 304 g/mol. The van der Waals surface area contributed by atoms with Gasteiger partial charge in [-0.2, -0.15) is 17.0 Å². The molecule has 2 fully saturated rings. The Balaban J connectivity index is 1.96. The van der Waals surface area contributed by atoms with Crippen molar-refractivity contribution < 1.29 is 13.2 Å². The van der Waals surface area contributed by atoms with Crippen molar-refractivity contribution in [2.75, 3.05) is 40.3 Å². The van der Waals surface area contributed by atoms with E-state index in [4.69, 9.17) is 5.73 Å². The number of carbonyl (C=O) groups excluding carboxylic acids is 1. The van der Waals surface area contributed by atoms with Crippen molar-refractivity contribution in [1.82, 2.24) is 13.5 Å². The van der Waals surface area contributed by atoms with E-state index in [1.54, 1.807) is 4.90 Å². The topological polar surface area (TPSA) is 87.0 Å². The second-order valence-corrected chi connectivity index (χ2v) is 7.99. The van der Waals surface area contributed by atoms with Crippen LogP contribution in [0.4, 0.5) is 0 Å². The van der Waals surface area contributed by atoms with Gasteiger partial charge in [-0.3, -0.25) is 4.79 Å². The second kappa shape index (κ2) is 5.59. The molecular weight excluding hydrogens is 280 g/mol. The lowest BCUT2D eigenvalue weighted by molar-refractivity contribution is -0.138. The van der Waals surface area contributed by atoms with Gasteiger partial charge in [-0.25, -0.2) is 0 Å². The Labute approximate surface area is 120 Å². The zero-order chi connectivity index (χ0) is 15.0. The van der Waals surface area contributed by atoms with Crippen LogP contribution in [-0.4, -0.2) is 73.6 Å². The Hall–Kier alpha value is -0.700. The van der Waals surface area contributed by atoms with Gasteiger partial charge in [0.1, 0.15) is 0 Å². The van der Waals surface area contributed by atoms with Crippen molar-refractivity contribution >= 4 is 16.1 Å². The molecule has 0 aromatic heterocycles. The van der Waals surface area contributed by atoms with Gasteiger partial charge in [0, 0.05) is 40.3 Å². The predicted molar refractivity (Wildman–Crippen MR) is 76.1 cm³/mol. The molecular formula is C12H24N4O3S. The fraction of sp³-hybridized carbons (Fsp3) is 0.917. The zero-order valence-corrected chi connectivity index (χ0v) is 13.0. The van der Waals surface area contributed by atoms with E-state index in [2.05, 4.69) is 0 Å². The summed E-state index contributed by atoms with van der Waals surface area (Å²) in [5.41, 5.74) is 5.45. The highest BCUT2D eigenvalue weighted by Gasteiger charge is 2.41. The second-order valence-electron chi connectivity index (χ2n) is 5.84. The van der Waals surface area contributed by atoms with Crippen molar-refractivity contribution in [3.8, 4) is 0 Å². The summed E-state index contributed by atoms with van der Waals surface area (Å²) < 4.78 is 26.6. The minimum atomic E-state index is -3.39. The molecule has 0 atom stereocenters. The van der Waals surface area contributed by atoms with Crippen LogP contribution >= 0.6 is 0 Å². The summed E-state index contributed by atoms with van der Waals surface area (Å²) in [5, 5.41) is 0. The fourth-order valence-corrected chi connectivity index (χ4v) is 3.97. The van der Waals surface area contributed by atoms with E-state index in [9.17, 15) is 13.2 Å². The van der Waals surface area contributed by atoms with Gasteiger partial charge in [0.15, 0.2) is 0 Å². The molecule has 7 nitrogen and oxygen atoms in total. The number of hydrogen-bond acceptors (Lipinski definition) is 4. The summed E-state index contributed by atoms with van der Waals surface area (Å²) in [6, 6.07) is 0. The predicted octanol–water partition coefficient (Wildman–Crippen LogP) is -0.791. The largest absolute Gasteiger partial charge is 0.338 e. The highest BCUT2D eigenvalue weighted by atomic mass is 32.2. The van der Waals surface area contributed by atoms with Crippen molar-refractivity contribution in [1.29, 1.82) is 0 Å². The number of rotatable bonds is 3. The SMILES string of the molecule is CN(C)S(=O)(=O)N1CCN(C(=O)C2(N)CCCC2)CC1. The first-order valence-corrected chi connectivity index (χ1v) is 8.43. The molecule has 1 saturated heterocycles. The average Bonchev–Trinajstić information content (AvgIpc) is 2.86. The lowest BCUT2D eigenvalue weighted by Crippen LogP contribution is -2.59. The molecule has 1 aliphatic heterocycles. The Morgan fingerprint density at radius 2 is 1.60 bits per heavy atom. The summed E-state index contributed by atoms with van der Waals surface area (Å²) in [4.78, 5) is 14.2. The number of piperazine rings is 1. The highest BCUT2D eigenvalue weighted by molar-refractivity contribution is 7.86. The van der Waals surface area contributed by atoms with Gasteiger partial charge < -0.3 is 10.6 Å². The maximum Gasteiger partial charge on any atom is 0.281 e. The summed E-state index contributed by atoms with van der Waals surface area (Å²) in [6.45, 7) is 1.51. The Morgan fingerprint density at radius 1 is 1.10 bits per heavy atom. The third kappa shape index (κ3) is 2.83. The molecule has 1 heterocycles. The van der Waals surface area contributed by atoms with Crippen molar-refractivity contribution in [2.45, 2.75) is 31.2 Å². The van der Waals surface area contributed by atoms with Crippen LogP contribution in [0.15, 0.2) is 0 Å². The standard InChI is InChI=1S/C12H24N4O3S/c1-14(2)20(18,19)16-9-7-15(8-10-16)11(17)12(13)5-3-4-6-12/h3-10,13H2,1-2H3. The lowest BCUT2D eigenvalue weighted by atomic mass is 9.97. The summed E-state index contributed by atoms with van der Waals surface area (Å²) in [5.74, 6) is -0.0168. The maximum absolute atomic E-state index is 12.4. The van der Waals surface area contributed by atoms with E-state index in [-0.39, 0.29) is 5.91 Å². The van der Waals surface area contributed by atoms with Gasteiger partial charge in [-0.15, -0.1) is 0 Å². The molecule has 116 valence electrons. The molecule has 8 heteroatoms. The van der Waals surface area contributed by atoms with E-state index >= 15 is 0 Å². The van der Waals surface area contributed by atoms with Gasteiger partial charge in [0.25, 0.3) is 10.2 Å². The molecule has 0 aromatic rings. The van der Waals surface area contributed by atoms with Gasteiger partial charge >= 0.3 is 0 Å². The number of hydrogen-bond donors (Lipinski definition) is 1. The molecule has 20 heavy (non-hydrogen) atoms. The Morgan fingerprint density at radius 3 is 2.05 bits per heavy atom. The highest BCUT2D eigenvalue weighted by Crippen LogP contribution is 2.29. The fourth-order valence-electron chi connectivity index (χ4n) is 2.89. The first-order chi connectivity index (χ1) is 9.27. The molecule has 1 saturated carbocycles. The first kappa shape index (κ1) is 15.7. The van der Waals surface area contributed by atoms with Crippen molar-refractivity contribution in [3.63, 3.8) is 0 Å². The smallest absolute Gasteiger partial charge is 0.281 e. The summed E-state index contributed by atoms with van der Waals surface area (Å²) in [7, 11) is -0.358. The third-order valence-corrected chi connectivity index (χ3v) is 6.18. The average molecular weight is 304 g/mol. The third-order valence-electron chi connectivity index (χ3n) is 4.24. The van der Waals surface area contributed by atoms with E-state index < -0.39 is 15.7 Å². The van der Waals surface area contributed by atoms with Crippen LogP contribution in [0.3, 0.4) is 0 Å². The molecule has 1 aliphatic carbocycles. The van der Waals surface area contributed by atoms with Crippen LogP contribution in [0, 0.1) is 0 Å². The maximum atomic E-state index is 12.4. The number of nitrogens with zero attached hydrogens (tertiary/aromatic N) is 3. The van der Waals surface area contributed by atoms with Crippen LogP contribution in [0.2, 0.25) is 0 Å². The lowest BCUT2D eigenvalue weighted by Gasteiger charge is -2.38.